The lowest BCUT2D eigenvalue weighted by atomic mass is 10.1. The number of ketones is 1. The van der Waals surface area contributed by atoms with Crippen molar-refractivity contribution in [1.29, 1.82) is 0 Å². The maximum atomic E-state index is 12.1. The molecule has 2 aromatic heterocycles. The predicted molar refractivity (Wildman–Crippen MR) is 73.7 cm³/mol. The second-order valence-electron chi connectivity index (χ2n) is 4.58. The number of aromatic nitrogens is 2. The Morgan fingerprint density at radius 1 is 1.25 bits per heavy atom. The topological polar surface area (TPSA) is 61.2 Å². The molecular weight excluding hydrogens is 256 g/mol. The molecule has 0 N–H and O–H groups in total. The van der Waals surface area contributed by atoms with Crippen molar-refractivity contribution < 1.29 is 14.3 Å². The molecule has 20 heavy (non-hydrogen) atoms. The zero-order chi connectivity index (χ0) is 14.7. The number of nitrogens with zero attached hydrogens (tertiary/aromatic N) is 2. The van der Waals surface area contributed by atoms with Gasteiger partial charge in [0.1, 0.15) is 0 Å². The Labute approximate surface area is 117 Å². The van der Waals surface area contributed by atoms with Crippen LogP contribution in [-0.2, 0) is 11.8 Å². The van der Waals surface area contributed by atoms with Crippen LogP contribution in [0.15, 0.2) is 30.6 Å². The van der Waals surface area contributed by atoms with Crippen molar-refractivity contribution in [2.45, 2.75) is 13.8 Å². The number of esters is 1. The fourth-order valence-corrected chi connectivity index (χ4v) is 1.92. The maximum Gasteiger partial charge on any atom is 0.338 e. The summed E-state index contributed by atoms with van der Waals surface area (Å²) in [6, 6.07) is 4.90. The van der Waals surface area contributed by atoms with Gasteiger partial charge in [0.05, 0.1) is 5.56 Å². The number of hydrogen-bond donors (Lipinski definition) is 0. The first-order valence-corrected chi connectivity index (χ1v) is 6.24. The van der Waals surface area contributed by atoms with Crippen LogP contribution in [0, 0.1) is 13.8 Å². The molecule has 0 aliphatic rings. The molecular formula is C15H16N2O3. The lowest BCUT2D eigenvalue weighted by Gasteiger charge is -2.04. The molecule has 0 aromatic carbocycles. The molecule has 0 atom stereocenters. The molecule has 0 saturated carbocycles. The molecule has 0 fully saturated rings. The minimum absolute atomic E-state index is 0.200. The monoisotopic (exact) mass is 272 g/mol. The average Bonchev–Trinajstić information content (AvgIpc) is 2.73. The van der Waals surface area contributed by atoms with Crippen molar-refractivity contribution in [3.05, 3.63) is 53.1 Å². The van der Waals surface area contributed by atoms with Crippen molar-refractivity contribution in [2.24, 2.45) is 7.05 Å². The second-order valence-corrected chi connectivity index (χ2v) is 4.58. The Hall–Kier alpha value is -2.43. The van der Waals surface area contributed by atoms with E-state index in [1.165, 1.54) is 12.4 Å². The summed E-state index contributed by atoms with van der Waals surface area (Å²) in [6.45, 7) is 3.53. The lowest BCUT2D eigenvalue weighted by Crippen LogP contribution is -2.15. The molecule has 0 aliphatic heterocycles. The normalized spacial score (nSPS) is 10.3. The van der Waals surface area contributed by atoms with Crippen LogP contribution < -0.4 is 0 Å². The molecule has 2 heterocycles. The average molecular weight is 272 g/mol. The van der Waals surface area contributed by atoms with Gasteiger partial charge in [-0.1, -0.05) is 0 Å². The van der Waals surface area contributed by atoms with E-state index < -0.39 is 5.97 Å². The molecule has 0 aliphatic carbocycles. The molecule has 2 aromatic rings. The second kappa shape index (κ2) is 5.69. The van der Waals surface area contributed by atoms with Crippen molar-refractivity contribution in [3.63, 3.8) is 0 Å². The van der Waals surface area contributed by atoms with Crippen LogP contribution in [0.3, 0.4) is 0 Å². The Bertz CT molecular complexity index is 645. The van der Waals surface area contributed by atoms with Gasteiger partial charge < -0.3 is 9.30 Å². The Balaban J connectivity index is 2.02. The number of Topliss-reactive ketones (excluding diaryl/α,β-unsaturated/α-hetero) is 1. The van der Waals surface area contributed by atoms with Crippen molar-refractivity contribution in [2.75, 3.05) is 6.61 Å². The van der Waals surface area contributed by atoms with E-state index in [1.807, 2.05) is 25.5 Å². The molecule has 0 spiro atoms. The zero-order valence-corrected chi connectivity index (χ0v) is 11.7. The Morgan fingerprint density at radius 3 is 2.45 bits per heavy atom. The molecule has 0 amide bonds. The molecule has 0 radical (unpaired) electrons. The van der Waals surface area contributed by atoms with E-state index in [9.17, 15) is 9.59 Å². The summed E-state index contributed by atoms with van der Waals surface area (Å²) >= 11 is 0. The highest BCUT2D eigenvalue weighted by Gasteiger charge is 2.16. The van der Waals surface area contributed by atoms with Gasteiger partial charge in [-0.2, -0.15) is 0 Å². The summed E-state index contributed by atoms with van der Waals surface area (Å²) in [6.07, 6.45) is 3.01. The van der Waals surface area contributed by atoms with Gasteiger partial charge in [0, 0.05) is 36.4 Å². The smallest absolute Gasteiger partial charge is 0.338 e. The van der Waals surface area contributed by atoms with Crippen molar-refractivity contribution >= 4 is 11.8 Å². The number of rotatable bonds is 4. The van der Waals surface area contributed by atoms with Crippen LogP contribution in [-0.4, -0.2) is 27.9 Å². The highest BCUT2D eigenvalue weighted by atomic mass is 16.5. The van der Waals surface area contributed by atoms with E-state index in [-0.39, 0.29) is 12.4 Å². The van der Waals surface area contributed by atoms with E-state index in [1.54, 1.807) is 18.2 Å². The third-order valence-corrected chi connectivity index (χ3v) is 3.33. The highest BCUT2D eigenvalue weighted by molar-refractivity contribution is 6.00. The van der Waals surface area contributed by atoms with E-state index in [0.29, 0.717) is 11.1 Å². The standard InChI is InChI=1S/C15H16N2O3/c1-10-8-13(11(2)17(10)3)14(18)9-20-15(19)12-4-6-16-7-5-12/h4-8H,9H2,1-3H3. The van der Waals surface area contributed by atoms with E-state index in [2.05, 4.69) is 4.98 Å². The van der Waals surface area contributed by atoms with Gasteiger partial charge in [-0.25, -0.2) is 4.79 Å². The summed E-state index contributed by atoms with van der Waals surface area (Å²) in [5.41, 5.74) is 2.83. The van der Waals surface area contributed by atoms with Gasteiger partial charge in [-0.15, -0.1) is 0 Å². The SMILES string of the molecule is Cc1cc(C(=O)COC(=O)c2ccncc2)c(C)n1C. The minimum atomic E-state index is -0.522. The van der Waals surface area contributed by atoms with Gasteiger partial charge in [0.25, 0.3) is 0 Å². The molecule has 5 nitrogen and oxygen atoms in total. The van der Waals surface area contributed by atoms with Gasteiger partial charge in [-0.3, -0.25) is 9.78 Å². The number of aryl methyl sites for hydroxylation is 1. The summed E-state index contributed by atoms with van der Waals surface area (Å²) in [7, 11) is 1.89. The van der Waals surface area contributed by atoms with Crippen molar-refractivity contribution in [3.8, 4) is 0 Å². The van der Waals surface area contributed by atoms with Crippen molar-refractivity contribution in [1.82, 2.24) is 9.55 Å². The molecule has 5 heteroatoms. The number of carbonyl (C=O) groups is 2. The zero-order valence-electron chi connectivity index (χ0n) is 11.7. The first-order chi connectivity index (χ1) is 9.50. The van der Waals surface area contributed by atoms with Gasteiger partial charge >= 0.3 is 5.97 Å². The fraction of sp³-hybridized carbons (Fsp3) is 0.267. The van der Waals surface area contributed by atoms with Crippen LogP contribution in [0.25, 0.3) is 0 Å². The van der Waals surface area contributed by atoms with Crippen LogP contribution in [0.5, 0.6) is 0 Å². The molecule has 104 valence electrons. The van der Waals surface area contributed by atoms with E-state index in [0.717, 1.165) is 11.4 Å². The highest BCUT2D eigenvalue weighted by Crippen LogP contribution is 2.14. The maximum absolute atomic E-state index is 12.1. The van der Waals surface area contributed by atoms with Gasteiger partial charge in [0.2, 0.25) is 5.78 Å². The summed E-state index contributed by atoms with van der Waals surface area (Å²) in [4.78, 5) is 27.6. The largest absolute Gasteiger partial charge is 0.454 e. The fourth-order valence-electron chi connectivity index (χ4n) is 1.92. The van der Waals surface area contributed by atoms with Gasteiger partial charge in [-0.05, 0) is 32.0 Å². The number of pyridine rings is 1. The first-order valence-electron chi connectivity index (χ1n) is 6.24. The quantitative estimate of drug-likeness (QED) is 0.631. The van der Waals surface area contributed by atoms with Gasteiger partial charge in [0.15, 0.2) is 6.61 Å². The number of hydrogen-bond acceptors (Lipinski definition) is 4. The van der Waals surface area contributed by atoms with Crippen LogP contribution in [0.2, 0.25) is 0 Å². The predicted octanol–water partition coefficient (Wildman–Crippen LogP) is 2.08. The van der Waals surface area contributed by atoms with E-state index in [4.69, 9.17) is 4.74 Å². The van der Waals surface area contributed by atoms with Crippen LogP contribution >= 0.6 is 0 Å². The molecule has 2 rings (SSSR count). The first kappa shape index (κ1) is 14.0. The summed E-state index contributed by atoms with van der Waals surface area (Å²) < 4.78 is 6.95. The minimum Gasteiger partial charge on any atom is -0.454 e. The summed E-state index contributed by atoms with van der Waals surface area (Å²) in [5, 5.41) is 0. The Kier molecular flexibility index (Phi) is 3.98. The molecule has 0 saturated heterocycles. The lowest BCUT2D eigenvalue weighted by molar-refractivity contribution is 0.0474. The Morgan fingerprint density at radius 2 is 1.90 bits per heavy atom. The summed E-state index contributed by atoms with van der Waals surface area (Å²) in [5.74, 6) is -0.723. The number of carbonyl (C=O) groups excluding carboxylic acids is 2. The third kappa shape index (κ3) is 2.77. The number of ether oxygens (including phenoxy) is 1. The third-order valence-electron chi connectivity index (χ3n) is 3.33. The van der Waals surface area contributed by atoms with E-state index >= 15 is 0 Å². The molecule has 0 unspecified atom stereocenters. The van der Waals surface area contributed by atoms with Crippen LogP contribution in [0.4, 0.5) is 0 Å². The van der Waals surface area contributed by atoms with Crippen LogP contribution in [0.1, 0.15) is 32.1 Å². The molecule has 0 bridgehead atoms.